The Bertz CT molecular complexity index is 317. The van der Waals surface area contributed by atoms with Crippen molar-refractivity contribution in [1.29, 1.82) is 0 Å². The summed E-state index contributed by atoms with van der Waals surface area (Å²) in [6, 6.07) is 0.446. The van der Waals surface area contributed by atoms with Gasteiger partial charge < -0.3 is 10.6 Å². The van der Waals surface area contributed by atoms with E-state index >= 15 is 0 Å². The Morgan fingerprint density at radius 2 is 2.22 bits per heavy atom. The Labute approximate surface area is 110 Å². The predicted octanol–water partition coefficient (Wildman–Crippen LogP) is 0.588. The van der Waals surface area contributed by atoms with E-state index in [1.165, 1.54) is 0 Å². The van der Waals surface area contributed by atoms with Gasteiger partial charge in [-0.25, -0.2) is 0 Å². The molecule has 1 fully saturated rings. The molecule has 0 saturated carbocycles. The number of terminal acetylenes is 1. The van der Waals surface area contributed by atoms with E-state index in [0.717, 1.165) is 32.5 Å². The van der Waals surface area contributed by atoms with Crippen LogP contribution in [0.2, 0.25) is 0 Å². The van der Waals surface area contributed by atoms with E-state index in [4.69, 9.17) is 6.42 Å². The zero-order chi connectivity index (χ0) is 13.6. The van der Waals surface area contributed by atoms with E-state index in [1.54, 1.807) is 0 Å². The van der Waals surface area contributed by atoms with Crippen molar-refractivity contribution in [2.75, 3.05) is 26.2 Å². The van der Waals surface area contributed by atoms with Gasteiger partial charge in [0.2, 0.25) is 5.91 Å². The van der Waals surface area contributed by atoms with Gasteiger partial charge in [-0.3, -0.25) is 9.69 Å². The molecule has 0 radical (unpaired) electrons. The maximum Gasteiger partial charge on any atom is 0.235 e. The predicted molar refractivity (Wildman–Crippen MR) is 74.2 cm³/mol. The summed E-state index contributed by atoms with van der Waals surface area (Å²) in [6.45, 7) is 9.36. The zero-order valence-electron chi connectivity index (χ0n) is 11.8. The molecule has 1 saturated heterocycles. The minimum Gasteiger partial charge on any atom is -0.339 e. The molecule has 0 aliphatic carbocycles. The fourth-order valence-corrected chi connectivity index (χ4v) is 2.33. The van der Waals surface area contributed by atoms with Crippen LogP contribution in [0.4, 0.5) is 0 Å². The van der Waals surface area contributed by atoms with Crippen LogP contribution in [0.25, 0.3) is 0 Å². The molecule has 1 aliphatic rings. The van der Waals surface area contributed by atoms with Crippen LogP contribution < -0.4 is 10.6 Å². The van der Waals surface area contributed by atoms with E-state index in [0.29, 0.717) is 12.6 Å². The van der Waals surface area contributed by atoms with Crippen molar-refractivity contribution in [2.24, 2.45) is 0 Å². The van der Waals surface area contributed by atoms with Crippen molar-refractivity contribution in [2.45, 2.75) is 45.2 Å². The van der Waals surface area contributed by atoms with Gasteiger partial charge in [-0.1, -0.05) is 19.8 Å². The lowest BCUT2D eigenvalue weighted by molar-refractivity contribution is -0.123. The minimum atomic E-state index is -0.475. The molecule has 0 aromatic rings. The molecule has 0 unspecified atom stereocenters. The lowest BCUT2D eigenvalue weighted by Crippen LogP contribution is -2.54. The Morgan fingerprint density at radius 3 is 2.72 bits per heavy atom. The van der Waals surface area contributed by atoms with Gasteiger partial charge in [-0.15, -0.1) is 6.42 Å². The Balaban J connectivity index is 2.48. The lowest BCUT2D eigenvalue weighted by Gasteiger charge is -2.33. The molecule has 1 aliphatic heterocycles. The third kappa shape index (κ3) is 4.01. The highest BCUT2D eigenvalue weighted by Gasteiger charge is 2.26. The Hall–Kier alpha value is -1.05. The number of amides is 1. The van der Waals surface area contributed by atoms with Gasteiger partial charge in [-0.2, -0.15) is 0 Å². The third-order valence-electron chi connectivity index (χ3n) is 3.68. The Morgan fingerprint density at radius 1 is 1.56 bits per heavy atom. The fraction of sp³-hybridized carbons (Fsp3) is 0.786. The van der Waals surface area contributed by atoms with Gasteiger partial charge in [0.25, 0.3) is 0 Å². The molecule has 0 aromatic carbocycles. The van der Waals surface area contributed by atoms with E-state index in [1.807, 2.05) is 13.8 Å². The lowest BCUT2D eigenvalue weighted by atomic mass is 9.94. The molecule has 4 nitrogen and oxygen atoms in total. The maximum absolute atomic E-state index is 12.0. The van der Waals surface area contributed by atoms with Gasteiger partial charge in [-0.05, 0) is 19.8 Å². The second-order valence-electron chi connectivity index (χ2n) is 5.07. The molecule has 1 heterocycles. The SMILES string of the molecule is C#CC(CC)(CC)NC(=O)CN1CCN[C@H](C)C1. The second kappa shape index (κ2) is 6.77. The van der Waals surface area contributed by atoms with Crippen LogP contribution >= 0.6 is 0 Å². The quantitative estimate of drug-likeness (QED) is 0.703. The summed E-state index contributed by atoms with van der Waals surface area (Å²) in [6.07, 6.45) is 7.08. The first-order chi connectivity index (χ1) is 8.55. The van der Waals surface area contributed by atoms with Crippen molar-refractivity contribution < 1.29 is 4.79 Å². The molecule has 1 atom stereocenters. The number of nitrogens with one attached hydrogen (secondary N) is 2. The first kappa shape index (κ1) is 15.0. The molecule has 4 heteroatoms. The molecule has 1 amide bonds. The monoisotopic (exact) mass is 251 g/mol. The van der Waals surface area contributed by atoms with Crippen LogP contribution in [0, 0.1) is 12.3 Å². The summed E-state index contributed by atoms with van der Waals surface area (Å²) in [7, 11) is 0. The van der Waals surface area contributed by atoms with Crippen LogP contribution in [-0.2, 0) is 4.79 Å². The van der Waals surface area contributed by atoms with Gasteiger partial charge in [0.1, 0.15) is 5.54 Å². The van der Waals surface area contributed by atoms with Crippen molar-refractivity contribution in [3.63, 3.8) is 0 Å². The van der Waals surface area contributed by atoms with Crippen LogP contribution in [-0.4, -0.2) is 48.6 Å². The zero-order valence-corrected chi connectivity index (χ0v) is 11.8. The van der Waals surface area contributed by atoms with Crippen molar-refractivity contribution >= 4 is 5.91 Å². The molecular formula is C14H25N3O. The minimum absolute atomic E-state index is 0.0331. The molecule has 18 heavy (non-hydrogen) atoms. The van der Waals surface area contributed by atoms with E-state index in [2.05, 4.69) is 28.4 Å². The van der Waals surface area contributed by atoms with Crippen LogP contribution in [0.3, 0.4) is 0 Å². The number of rotatable bonds is 5. The first-order valence-corrected chi connectivity index (χ1v) is 6.79. The number of carbonyl (C=O) groups is 1. The van der Waals surface area contributed by atoms with Gasteiger partial charge in [0, 0.05) is 25.7 Å². The summed E-state index contributed by atoms with van der Waals surface area (Å²) in [4.78, 5) is 14.2. The normalized spacial score (nSPS) is 21.3. The second-order valence-corrected chi connectivity index (χ2v) is 5.07. The molecule has 102 valence electrons. The van der Waals surface area contributed by atoms with E-state index in [9.17, 15) is 4.79 Å². The number of piperazine rings is 1. The van der Waals surface area contributed by atoms with Crippen LogP contribution in [0.1, 0.15) is 33.6 Å². The van der Waals surface area contributed by atoms with E-state index in [-0.39, 0.29) is 5.91 Å². The van der Waals surface area contributed by atoms with Crippen molar-refractivity contribution in [1.82, 2.24) is 15.5 Å². The highest BCUT2D eigenvalue weighted by Crippen LogP contribution is 2.13. The van der Waals surface area contributed by atoms with E-state index < -0.39 is 5.54 Å². The standard InChI is InChI=1S/C14H25N3O/c1-5-14(6-2,7-3)16-13(18)11-17-9-8-15-12(4)10-17/h1,12,15H,6-11H2,2-4H3,(H,16,18)/t12-/m1/s1. The number of hydrogen-bond acceptors (Lipinski definition) is 3. The van der Waals surface area contributed by atoms with Gasteiger partial charge in [0.15, 0.2) is 0 Å². The fourth-order valence-electron chi connectivity index (χ4n) is 2.33. The smallest absolute Gasteiger partial charge is 0.235 e. The topological polar surface area (TPSA) is 44.4 Å². The summed E-state index contributed by atoms with van der Waals surface area (Å²) < 4.78 is 0. The van der Waals surface area contributed by atoms with Crippen LogP contribution in [0.5, 0.6) is 0 Å². The average molecular weight is 251 g/mol. The first-order valence-electron chi connectivity index (χ1n) is 6.79. The van der Waals surface area contributed by atoms with Gasteiger partial charge in [0.05, 0.1) is 6.54 Å². The molecule has 0 spiro atoms. The van der Waals surface area contributed by atoms with Crippen molar-refractivity contribution in [3.05, 3.63) is 0 Å². The third-order valence-corrected chi connectivity index (χ3v) is 3.68. The van der Waals surface area contributed by atoms with Gasteiger partial charge >= 0.3 is 0 Å². The van der Waals surface area contributed by atoms with Crippen molar-refractivity contribution in [3.8, 4) is 12.3 Å². The Kier molecular flexibility index (Phi) is 5.64. The highest BCUT2D eigenvalue weighted by molar-refractivity contribution is 5.79. The summed E-state index contributed by atoms with van der Waals surface area (Å²) in [5, 5.41) is 6.37. The molecular weight excluding hydrogens is 226 g/mol. The number of nitrogens with zero attached hydrogens (tertiary/aromatic N) is 1. The molecule has 1 rings (SSSR count). The molecule has 2 N–H and O–H groups in total. The largest absolute Gasteiger partial charge is 0.339 e. The summed E-state index contributed by atoms with van der Waals surface area (Å²) in [5.74, 6) is 2.76. The summed E-state index contributed by atoms with van der Waals surface area (Å²) in [5.41, 5.74) is -0.475. The number of hydrogen-bond donors (Lipinski definition) is 2. The maximum atomic E-state index is 12.0. The number of carbonyl (C=O) groups excluding carboxylic acids is 1. The average Bonchev–Trinajstić information content (AvgIpc) is 2.36. The molecule has 0 bridgehead atoms. The summed E-state index contributed by atoms with van der Waals surface area (Å²) >= 11 is 0. The van der Waals surface area contributed by atoms with Crippen LogP contribution in [0.15, 0.2) is 0 Å². The molecule has 0 aromatic heterocycles. The highest BCUT2D eigenvalue weighted by atomic mass is 16.2.